The Balaban J connectivity index is 1.04. The van der Waals surface area contributed by atoms with Gasteiger partial charge in [0.25, 0.3) is 0 Å². The van der Waals surface area contributed by atoms with Gasteiger partial charge in [0.1, 0.15) is 5.82 Å². The fraction of sp³-hybridized carbons (Fsp3) is 0.0256. The second-order valence-corrected chi connectivity index (χ2v) is 23.5. The van der Waals surface area contributed by atoms with E-state index in [9.17, 15) is 0 Å². The summed E-state index contributed by atoms with van der Waals surface area (Å²) >= 11 is 3.59. The van der Waals surface area contributed by atoms with Crippen LogP contribution in [0.4, 0.5) is 38.5 Å². The van der Waals surface area contributed by atoms with Gasteiger partial charge in [0, 0.05) is 53.0 Å². The third-order valence-corrected chi connectivity index (χ3v) is 18.9. The number of hydrogen-bond acceptors (Lipinski definition) is 4. The zero-order valence-electron chi connectivity index (χ0n) is 45.8. The number of benzene rings is 13. The van der Waals surface area contributed by atoms with Crippen LogP contribution in [0.25, 0.3) is 112 Å². The van der Waals surface area contributed by atoms with Crippen molar-refractivity contribution in [1.82, 2.24) is 0 Å². The Labute approximate surface area is 490 Å². The van der Waals surface area contributed by atoms with Crippen molar-refractivity contribution in [3.63, 3.8) is 0 Å². The molecule has 0 amide bonds. The Bertz CT molecular complexity index is 5030. The SMILES string of the molecule is C=Cc1c(N(c2c(F)cc(-c3ccccc3)cc2-c2ccccc2)c2cccc3c2sc2ccccc23)ccc2ccc3c(N(c4c(C)cc(-c5ccccc5)cc4-c4ccccc4)c4cccc5c4sc4ccccc45)ccc(C)c3c12. The number of hydrogen-bond donors (Lipinski definition) is 0. The number of thiophene rings is 2. The summed E-state index contributed by atoms with van der Waals surface area (Å²) in [6, 6.07) is 94.7. The molecule has 0 saturated heterocycles. The maximum Gasteiger partial charge on any atom is 0.148 e. The first-order valence-corrected chi connectivity index (χ1v) is 29.8. The summed E-state index contributed by atoms with van der Waals surface area (Å²) in [5, 5.41) is 9.06. The normalized spacial score (nSPS) is 11.6. The number of anilines is 6. The van der Waals surface area contributed by atoms with Crippen molar-refractivity contribution in [3.8, 4) is 44.5 Å². The molecule has 13 aromatic carbocycles. The highest BCUT2D eigenvalue weighted by atomic mass is 32.1. The first-order chi connectivity index (χ1) is 40.9. The molecule has 394 valence electrons. The average Bonchev–Trinajstić information content (AvgIpc) is 4.05. The van der Waals surface area contributed by atoms with Gasteiger partial charge in [0.2, 0.25) is 0 Å². The standard InChI is InChI=1S/C78H53FN2S2/c1-4-58-67(81(70-36-22-34-62-60-32-18-20-38-72(60)83-78(62)70)76-65(54-29-15-8-16-30-54)47-57(48-66(76)79)52-25-11-6-12-26-52)44-41-55-40-42-63-68(43-39-49(2)73(63)74(55)58)80(69-35-21-33-61-59-31-17-19-37-71(59)82-77(61)69)75-50(3)45-56(51-23-9-5-10-24-51)46-64(75)53-27-13-7-14-28-53/h4-48H,1H2,2-3H3. The number of fused-ring (bicyclic) bond motifs is 9. The van der Waals surface area contributed by atoms with Crippen molar-refractivity contribution < 1.29 is 4.39 Å². The van der Waals surface area contributed by atoms with Crippen LogP contribution in [0, 0.1) is 19.7 Å². The predicted molar refractivity (Wildman–Crippen MR) is 358 cm³/mol. The molecular weight excluding hydrogens is 1050 g/mol. The van der Waals surface area contributed by atoms with Crippen LogP contribution in [0.3, 0.4) is 0 Å². The van der Waals surface area contributed by atoms with Gasteiger partial charge in [-0.15, -0.1) is 22.7 Å². The third-order valence-electron chi connectivity index (χ3n) is 16.5. The minimum absolute atomic E-state index is 0.330. The van der Waals surface area contributed by atoms with Gasteiger partial charge in [-0.1, -0.05) is 219 Å². The molecule has 5 heteroatoms. The first-order valence-electron chi connectivity index (χ1n) is 28.1. The molecule has 0 N–H and O–H groups in total. The van der Waals surface area contributed by atoms with Gasteiger partial charge in [-0.05, 0) is 135 Å². The molecule has 0 spiro atoms. The van der Waals surface area contributed by atoms with E-state index in [4.69, 9.17) is 0 Å². The molecule has 2 nitrogen and oxygen atoms in total. The first kappa shape index (κ1) is 50.1. The fourth-order valence-electron chi connectivity index (χ4n) is 12.8. The van der Waals surface area contributed by atoms with E-state index in [1.54, 1.807) is 17.4 Å². The fourth-order valence-corrected chi connectivity index (χ4v) is 15.2. The van der Waals surface area contributed by atoms with Gasteiger partial charge in [0.15, 0.2) is 0 Å². The Morgan fingerprint density at radius 1 is 0.349 bits per heavy atom. The molecule has 2 heterocycles. The van der Waals surface area contributed by atoms with Gasteiger partial charge in [-0.2, -0.15) is 0 Å². The lowest BCUT2D eigenvalue weighted by atomic mass is 9.90. The molecule has 0 aliphatic rings. The van der Waals surface area contributed by atoms with Crippen molar-refractivity contribution in [3.05, 3.63) is 296 Å². The lowest BCUT2D eigenvalue weighted by molar-refractivity contribution is 0.630. The van der Waals surface area contributed by atoms with Crippen molar-refractivity contribution in [2.45, 2.75) is 13.8 Å². The van der Waals surface area contributed by atoms with Crippen LogP contribution in [-0.4, -0.2) is 0 Å². The Morgan fingerprint density at radius 3 is 1.36 bits per heavy atom. The van der Waals surface area contributed by atoms with E-state index in [1.165, 1.54) is 30.3 Å². The van der Waals surface area contributed by atoms with E-state index < -0.39 is 0 Å². The number of halogens is 1. The van der Waals surface area contributed by atoms with E-state index in [2.05, 4.69) is 243 Å². The van der Waals surface area contributed by atoms with E-state index >= 15 is 4.39 Å². The summed E-state index contributed by atoms with van der Waals surface area (Å²) in [5.41, 5.74) is 16.6. The molecule has 0 aliphatic carbocycles. The maximum atomic E-state index is 18.5. The molecule has 0 radical (unpaired) electrons. The molecule has 15 aromatic rings. The highest BCUT2D eigenvalue weighted by Crippen LogP contribution is 2.55. The van der Waals surface area contributed by atoms with Crippen molar-refractivity contribution in [2.75, 3.05) is 9.80 Å². The van der Waals surface area contributed by atoms with Crippen molar-refractivity contribution in [1.29, 1.82) is 0 Å². The van der Waals surface area contributed by atoms with Crippen LogP contribution >= 0.6 is 22.7 Å². The molecule has 15 rings (SSSR count). The highest BCUT2D eigenvalue weighted by molar-refractivity contribution is 7.26. The van der Waals surface area contributed by atoms with E-state index in [1.807, 2.05) is 65.9 Å². The molecule has 0 aliphatic heterocycles. The van der Waals surface area contributed by atoms with Crippen LogP contribution < -0.4 is 9.80 Å². The summed E-state index contributed by atoms with van der Waals surface area (Å²) in [6.45, 7) is 9.16. The lowest BCUT2D eigenvalue weighted by Gasteiger charge is -2.33. The monoisotopic (exact) mass is 1100 g/mol. The van der Waals surface area contributed by atoms with Gasteiger partial charge in [-0.25, -0.2) is 4.39 Å². The smallest absolute Gasteiger partial charge is 0.148 e. The maximum absolute atomic E-state index is 18.5. The molecule has 0 fully saturated rings. The molecule has 0 atom stereocenters. The molecule has 2 aromatic heterocycles. The molecule has 0 saturated carbocycles. The summed E-state index contributed by atoms with van der Waals surface area (Å²) in [4.78, 5) is 4.73. The second-order valence-electron chi connectivity index (χ2n) is 21.4. The minimum Gasteiger partial charge on any atom is -0.308 e. The van der Waals surface area contributed by atoms with Crippen molar-refractivity contribution in [2.24, 2.45) is 0 Å². The summed E-state index contributed by atoms with van der Waals surface area (Å²) in [7, 11) is 0. The summed E-state index contributed by atoms with van der Waals surface area (Å²) < 4.78 is 23.2. The predicted octanol–water partition coefficient (Wildman–Crippen LogP) is 23.7. The summed E-state index contributed by atoms with van der Waals surface area (Å²) in [6.07, 6.45) is 2.00. The van der Waals surface area contributed by atoms with Gasteiger partial charge in [-0.3, -0.25) is 0 Å². The van der Waals surface area contributed by atoms with Crippen LogP contribution in [-0.2, 0) is 0 Å². The minimum atomic E-state index is -0.330. The zero-order valence-corrected chi connectivity index (χ0v) is 47.4. The average molecular weight is 1100 g/mol. The van der Waals surface area contributed by atoms with E-state index in [0.29, 0.717) is 5.69 Å². The van der Waals surface area contributed by atoms with Gasteiger partial charge >= 0.3 is 0 Å². The largest absolute Gasteiger partial charge is 0.308 e. The van der Waals surface area contributed by atoms with Gasteiger partial charge < -0.3 is 9.80 Å². The number of rotatable bonds is 11. The summed E-state index contributed by atoms with van der Waals surface area (Å²) in [5.74, 6) is -0.330. The lowest BCUT2D eigenvalue weighted by Crippen LogP contribution is -2.15. The number of aryl methyl sites for hydroxylation is 2. The Hall–Kier alpha value is -9.91. The van der Waals surface area contributed by atoms with Crippen LogP contribution in [0.15, 0.2) is 273 Å². The Kier molecular flexibility index (Phi) is 12.4. The molecule has 0 bridgehead atoms. The zero-order chi connectivity index (χ0) is 55.7. The Morgan fingerprint density at radius 2 is 0.807 bits per heavy atom. The third kappa shape index (κ3) is 8.42. The molecule has 83 heavy (non-hydrogen) atoms. The number of nitrogens with zero attached hydrogens (tertiary/aromatic N) is 2. The van der Waals surface area contributed by atoms with Crippen molar-refractivity contribution >= 4 is 125 Å². The quantitative estimate of drug-likeness (QED) is 0.119. The van der Waals surface area contributed by atoms with Crippen LogP contribution in [0.1, 0.15) is 16.7 Å². The van der Waals surface area contributed by atoms with Crippen LogP contribution in [0.2, 0.25) is 0 Å². The topological polar surface area (TPSA) is 6.48 Å². The van der Waals surface area contributed by atoms with Crippen LogP contribution in [0.5, 0.6) is 0 Å². The van der Waals surface area contributed by atoms with Gasteiger partial charge in [0.05, 0.1) is 43.5 Å². The second kappa shape index (κ2) is 20.6. The van der Waals surface area contributed by atoms with E-state index in [-0.39, 0.29) is 5.82 Å². The molecule has 0 unspecified atom stereocenters. The van der Waals surface area contributed by atoms with E-state index in [0.717, 1.165) is 121 Å². The highest BCUT2D eigenvalue weighted by Gasteiger charge is 2.30. The molecular formula is C78H53FN2S2.